The van der Waals surface area contributed by atoms with E-state index in [-0.39, 0.29) is 0 Å². The fourth-order valence-corrected chi connectivity index (χ4v) is 3.42. The lowest BCUT2D eigenvalue weighted by atomic mass is 10.4. The highest BCUT2D eigenvalue weighted by atomic mass is 32.2. The van der Waals surface area contributed by atoms with Crippen molar-refractivity contribution in [2.75, 3.05) is 39.8 Å². The van der Waals surface area contributed by atoms with Gasteiger partial charge in [-0.1, -0.05) is 6.92 Å². The Morgan fingerprint density at radius 3 is 2.38 bits per heavy atom. The van der Waals surface area contributed by atoms with Gasteiger partial charge in [0.15, 0.2) is 0 Å². The first-order valence-corrected chi connectivity index (χ1v) is 9.65. The van der Waals surface area contributed by atoms with Crippen LogP contribution in [0.1, 0.15) is 39.0 Å². The van der Waals surface area contributed by atoms with Crippen molar-refractivity contribution in [1.82, 2.24) is 19.2 Å². The van der Waals surface area contributed by atoms with Crippen molar-refractivity contribution >= 4 is 10.2 Å². The van der Waals surface area contributed by atoms with Gasteiger partial charge >= 0.3 is 0 Å². The molecule has 0 aromatic carbocycles. The third-order valence-electron chi connectivity index (χ3n) is 4.22. The van der Waals surface area contributed by atoms with Crippen LogP contribution in [-0.4, -0.2) is 69.5 Å². The molecule has 2 fully saturated rings. The molecule has 2 aliphatic carbocycles. The van der Waals surface area contributed by atoms with Crippen LogP contribution in [0.25, 0.3) is 0 Å². The van der Waals surface area contributed by atoms with Crippen molar-refractivity contribution < 1.29 is 8.42 Å². The molecule has 0 heterocycles. The minimum absolute atomic E-state index is 0.497. The molecule has 0 aromatic rings. The fraction of sp³-hybridized carbons (Fsp3) is 1.00. The molecule has 0 atom stereocenters. The van der Waals surface area contributed by atoms with Gasteiger partial charge in [-0.2, -0.15) is 12.7 Å². The van der Waals surface area contributed by atoms with Crippen molar-refractivity contribution in [3.8, 4) is 0 Å². The second kappa shape index (κ2) is 7.87. The predicted molar refractivity (Wildman–Crippen MR) is 85.5 cm³/mol. The van der Waals surface area contributed by atoms with Crippen molar-refractivity contribution in [2.45, 2.75) is 51.1 Å². The number of likely N-dealkylation sites (N-methyl/N-ethyl adjacent to an activating group) is 1. The molecule has 7 heteroatoms. The summed E-state index contributed by atoms with van der Waals surface area (Å²) in [7, 11) is -1.67. The first kappa shape index (κ1) is 17.1. The van der Waals surface area contributed by atoms with Crippen molar-refractivity contribution in [2.24, 2.45) is 0 Å². The molecule has 0 aliphatic heterocycles. The number of rotatable bonds is 12. The van der Waals surface area contributed by atoms with Crippen molar-refractivity contribution in [3.63, 3.8) is 0 Å². The van der Waals surface area contributed by atoms with E-state index >= 15 is 0 Å². The van der Waals surface area contributed by atoms with Crippen molar-refractivity contribution in [3.05, 3.63) is 0 Å². The SMILES string of the molecule is CCN(CCNS(=O)(=O)N(C)CCCNC1CC1)C1CC1. The van der Waals surface area contributed by atoms with Gasteiger partial charge in [0.05, 0.1) is 0 Å². The van der Waals surface area contributed by atoms with E-state index in [2.05, 4.69) is 21.9 Å². The van der Waals surface area contributed by atoms with Crippen LogP contribution in [-0.2, 0) is 10.2 Å². The molecular weight excluding hydrogens is 288 g/mol. The Morgan fingerprint density at radius 2 is 1.81 bits per heavy atom. The molecule has 2 N–H and O–H groups in total. The Morgan fingerprint density at radius 1 is 1.10 bits per heavy atom. The minimum Gasteiger partial charge on any atom is -0.314 e. The molecule has 0 spiro atoms. The van der Waals surface area contributed by atoms with Gasteiger partial charge in [0.1, 0.15) is 0 Å². The van der Waals surface area contributed by atoms with Gasteiger partial charge < -0.3 is 5.32 Å². The summed E-state index contributed by atoms with van der Waals surface area (Å²) in [6, 6.07) is 1.37. The fourth-order valence-electron chi connectivity index (χ4n) is 2.48. The maximum absolute atomic E-state index is 12.1. The molecule has 6 nitrogen and oxygen atoms in total. The summed E-state index contributed by atoms with van der Waals surface area (Å²) in [6.45, 7) is 5.89. The molecule has 0 unspecified atom stereocenters. The molecule has 0 amide bonds. The van der Waals surface area contributed by atoms with Gasteiger partial charge in [-0.3, -0.25) is 4.90 Å². The molecule has 0 aromatic heterocycles. The van der Waals surface area contributed by atoms with E-state index in [1.165, 1.54) is 30.0 Å². The van der Waals surface area contributed by atoms with Gasteiger partial charge in [-0.05, 0) is 45.2 Å². The summed E-state index contributed by atoms with van der Waals surface area (Å²) in [4.78, 5) is 2.35. The topological polar surface area (TPSA) is 64.7 Å². The van der Waals surface area contributed by atoms with Gasteiger partial charge in [0.25, 0.3) is 10.2 Å². The summed E-state index contributed by atoms with van der Waals surface area (Å²) < 4.78 is 28.3. The van der Waals surface area contributed by atoms with Crippen LogP contribution in [0.4, 0.5) is 0 Å². The van der Waals surface area contributed by atoms with Crippen LogP contribution in [0.2, 0.25) is 0 Å². The van der Waals surface area contributed by atoms with E-state index in [9.17, 15) is 8.42 Å². The highest BCUT2D eigenvalue weighted by Crippen LogP contribution is 2.25. The lowest BCUT2D eigenvalue weighted by Crippen LogP contribution is -2.43. The van der Waals surface area contributed by atoms with Crippen LogP contribution in [0.5, 0.6) is 0 Å². The van der Waals surface area contributed by atoms with Crippen LogP contribution in [0.3, 0.4) is 0 Å². The van der Waals surface area contributed by atoms with Crippen LogP contribution < -0.4 is 10.0 Å². The normalized spacial score (nSPS) is 19.6. The lowest BCUT2D eigenvalue weighted by molar-refractivity contribution is 0.281. The van der Waals surface area contributed by atoms with Gasteiger partial charge in [-0.25, -0.2) is 4.72 Å². The highest BCUT2D eigenvalue weighted by Gasteiger charge is 2.27. The average Bonchev–Trinajstić information content (AvgIpc) is 3.32. The third-order valence-corrected chi connectivity index (χ3v) is 5.80. The Bertz CT molecular complexity index is 407. The Balaban J connectivity index is 1.59. The van der Waals surface area contributed by atoms with E-state index in [0.29, 0.717) is 25.2 Å². The summed E-state index contributed by atoms with van der Waals surface area (Å²) in [5.41, 5.74) is 0. The molecule has 2 saturated carbocycles. The largest absolute Gasteiger partial charge is 0.314 e. The summed E-state index contributed by atoms with van der Waals surface area (Å²) in [5, 5.41) is 3.40. The van der Waals surface area contributed by atoms with Crippen LogP contribution >= 0.6 is 0 Å². The Hall–Kier alpha value is -0.210. The van der Waals surface area contributed by atoms with Crippen LogP contribution in [0.15, 0.2) is 0 Å². The highest BCUT2D eigenvalue weighted by molar-refractivity contribution is 7.87. The number of nitrogens with one attached hydrogen (secondary N) is 2. The number of hydrogen-bond donors (Lipinski definition) is 2. The quantitative estimate of drug-likeness (QED) is 0.511. The molecule has 124 valence electrons. The van der Waals surface area contributed by atoms with E-state index in [0.717, 1.165) is 26.1 Å². The van der Waals surface area contributed by atoms with E-state index in [1.54, 1.807) is 7.05 Å². The Kier molecular flexibility index (Phi) is 6.43. The standard InChI is InChI=1S/C14H30N4O2S/c1-3-18(14-7-8-14)12-10-16-21(19,20)17(2)11-4-9-15-13-5-6-13/h13-16H,3-12H2,1-2H3. The van der Waals surface area contributed by atoms with Gasteiger partial charge in [0.2, 0.25) is 0 Å². The van der Waals surface area contributed by atoms with E-state index < -0.39 is 10.2 Å². The summed E-state index contributed by atoms with van der Waals surface area (Å²) >= 11 is 0. The lowest BCUT2D eigenvalue weighted by Gasteiger charge is -2.22. The Labute approximate surface area is 129 Å². The second-order valence-electron chi connectivity index (χ2n) is 6.16. The zero-order valence-corrected chi connectivity index (χ0v) is 14.2. The summed E-state index contributed by atoms with van der Waals surface area (Å²) in [5.74, 6) is 0. The minimum atomic E-state index is -3.33. The molecule has 2 aliphatic rings. The van der Waals surface area contributed by atoms with Crippen molar-refractivity contribution in [1.29, 1.82) is 0 Å². The third kappa shape index (κ3) is 6.20. The zero-order chi connectivity index (χ0) is 15.3. The first-order chi connectivity index (χ1) is 10.0. The number of hydrogen-bond acceptors (Lipinski definition) is 4. The van der Waals surface area contributed by atoms with Gasteiger partial charge in [0, 0.05) is 38.8 Å². The molecular formula is C14H30N4O2S. The number of nitrogens with zero attached hydrogens (tertiary/aromatic N) is 2. The van der Waals surface area contributed by atoms with Crippen LogP contribution in [0, 0.1) is 0 Å². The summed E-state index contributed by atoms with van der Waals surface area (Å²) in [6.07, 6.45) is 5.91. The second-order valence-corrected chi connectivity index (χ2v) is 8.02. The zero-order valence-electron chi connectivity index (χ0n) is 13.3. The molecule has 21 heavy (non-hydrogen) atoms. The maximum Gasteiger partial charge on any atom is 0.279 e. The van der Waals surface area contributed by atoms with E-state index in [4.69, 9.17) is 0 Å². The molecule has 0 bridgehead atoms. The van der Waals surface area contributed by atoms with E-state index in [1.807, 2.05) is 0 Å². The smallest absolute Gasteiger partial charge is 0.279 e. The molecule has 2 rings (SSSR count). The molecule has 0 radical (unpaired) electrons. The average molecular weight is 318 g/mol. The monoisotopic (exact) mass is 318 g/mol. The van der Waals surface area contributed by atoms with Gasteiger partial charge in [-0.15, -0.1) is 0 Å². The predicted octanol–water partition coefficient (Wildman–Crippen LogP) is 0.379. The first-order valence-electron chi connectivity index (χ1n) is 8.21. The molecule has 0 saturated heterocycles. The maximum atomic E-state index is 12.1.